The van der Waals surface area contributed by atoms with Gasteiger partial charge in [-0.25, -0.2) is 0 Å². The standard InChI is InChI=1S/C15H19N3OS/c1-10-6-7-13(20-10)12-9-14(18-17-12)16-15(19)8-11-4-2-3-5-11/h6-7,9,11H,2-5,8H2,1H3,(H2,16,17,18,19). The molecule has 1 saturated carbocycles. The fourth-order valence-electron chi connectivity index (χ4n) is 2.76. The molecule has 2 aromatic rings. The Bertz CT molecular complexity index is 596. The van der Waals surface area contributed by atoms with Crippen molar-refractivity contribution in [3.8, 4) is 10.6 Å². The van der Waals surface area contributed by atoms with Crippen molar-refractivity contribution < 1.29 is 4.79 Å². The van der Waals surface area contributed by atoms with Gasteiger partial charge in [0.25, 0.3) is 0 Å². The summed E-state index contributed by atoms with van der Waals surface area (Å²) in [6.07, 6.45) is 5.53. The van der Waals surface area contributed by atoms with Crippen molar-refractivity contribution in [2.24, 2.45) is 5.92 Å². The Kier molecular flexibility index (Phi) is 3.87. The summed E-state index contributed by atoms with van der Waals surface area (Å²) in [5.74, 6) is 1.26. The maximum Gasteiger partial charge on any atom is 0.225 e. The lowest BCUT2D eigenvalue weighted by molar-refractivity contribution is -0.117. The van der Waals surface area contributed by atoms with Gasteiger partial charge in [0.15, 0.2) is 5.82 Å². The summed E-state index contributed by atoms with van der Waals surface area (Å²) in [4.78, 5) is 14.4. The number of rotatable bonds is 4. The van der Waals surface area contributed by atoms with E-state index in [-0.39, 0.29) is 5.91 Å². The summed E-state index contributed by atoms with van der Waals surface area (Å²) in [7, 11) is 0. The summed E-state index contributed by atoms with van der Waals surface area (Å²) in [5, 5.41) is 10.0. The second-order valence-corrected chi connectivity index (χ2v) is 6.77. The number of nitrogens with zero attached hydrogens (tertiary/aromatic N) is 1. The third kappa shape index (κ3) is 3.10. The number of thiophene rings is 1. The normalized spacial score (nSPS) is 15.7. The van der Waals surface area contributed by atoms with Crippen LogP contribution < -0.4 is 5.32 Å². The molecular weight excluding hydrogens is 270 g/mol. The Morgan fingerprint density at radius 3 is 2.95 bits per heavy atom. The highest BCUT2D eigenvalue weighted by Gasteiger charge is 2.19. The van der Waals surface area contributed by atoms with Crippen LogP contribution in [0.15, 0.2) is 18.2 Å². The van der Waals surface area contributed by atoms with Crippen LogP contribution in [0.5, 0.6) is 0 Å². The van der Waals surface area contributed by atoms with E-state index >= 15 is 0 Å². The van der Waals surface area contributed by atoms with Gasteiger partial charge >= 0.3 is 0 Å². The number of aromatic nitrogens is 2. The fraction of sp³-hybridized carbons (Fsp3) is 0.467. The first-order valence-corrected chi connectivity index (χ1v) is 7.94. The van der Waals surface area contributed by atoms with Crippen molar-refractivity contribution in [1.82, 2.24) is 10.2 Å². The molecule has 0 aromatic carbocycles. The van der Waals surface area contributed by atoms with Gasteiger partial charge in [0, 0.05) is 17.4 Å². The van der Waals surface area contributed by atoms with Crippen LogP contribution in [0.1, 0.15) is 37.0 Å². The van der Waals surface area contributed by atoms with Crippen LogP contribution in [0.2, 0.25) is 0 Å². The number of hydrogen-bond donors (Lipinski definition) is 2. The number of aromatic amines is 1. The van der Waals surface area contributed by atoms with Gasteiger partial charge in [0.05, 0.1) is 10.6 Å². The molecule has 106 valence electrons. The zero-order valence-electron chi connectivity index (χ0n) is 11.6. The monoisotopic (exact) mass is 289 g/mol. The van der Waals surface area contributed by atoms with Crippen molar-refractivity contribution >= 4 is 23.1 Å². The second kappa shape index (κ2) is 5.79. The third-order valence-corrected chi connectivity index (χ3v) is 4.83. The van der Waals surface area contributed by atoms with E-state index in [9.17, 15) is 4.79 Å². The van der Waals surface area contributed by atoms with E-state index in [0.717, 1.165) is 10.6 Å². The van der Waals surface area contributed by atoms with E-state index in [1.54, 1.807) is 11.3 Å². The van der Waals surface area contributed by atoms with Crippen molar-refractivity contribution in [3.05, 3.63) is 23.1 Å². The van der Waals surface area contributed by atoms with Gasteiger partial charge in [-0.3, -0.25) is 9.89 Å². The Balaban J connectivity index is 1.60. The molecule has 0 spiro atoms. The van der Waals surface area contributed by atoms with Crippen molar-refractivity contribution in [2.75, 3.05) is 5.32 Å². The molecule has 0 aliphatic heterocycles. The van der Waals surface area contributed by atoms with E-state index in [4.69, 9.17) is 0 Å². The topological polar surface area (TPSA) is 57.8 Å². The van der Waals surface area contributed by atoms with E-state index in [0.29, 0.717) is 18.2 Å². The van der Waals surface area contributed by atoms with Crippen molar-refractivity contribution in [3.63, 3.8) is 0 Å². The molecule has 1 amide bonds. The van der Waals surface area contributed by atoms with Gasteiger partial charge in [-0.2, -0.15) is 5.10 Å². The molecule has 1 aliphatic rings. The number of H-pyrrole nitrogens is 1. The fourth-order valence-corrected chi connectivity index (χ4v) is 3.60. The van der Waals surface area contributed by atoms with E-state index in [1.165, 1.54) is 30.6 Å². The minimum atomic E-state index is 0.0808. The lowest BCUT2D eigenvalue weighted by atomic mass is 10.0. The Morgan fingerprint density at radius 2 is 2.25 bits per heavy atom. The minimum Gasteiger partial charge on any atom is -0.309 e. The molecule has 0 atom stereocenters. The van der Waals surface area contributed by atoms with E-state index < -0.39 is 0 Å². The molecule has 20 heavy (non-hydrogen) atoms. The number of amides is 1. The number of anilines is 1. The highest BCUT2D eigenvalue weighted by molar-refractivity contribution is 7.15. The molecule has 1 fully saturated rings. The van der Waals surface area contributed by atoms with Gasteiger partial charge in [-0.1, -0.05) is 12.8 Å². The van der Waals surface area contributed by atoms with Gasteiger partial charge in [0.2, 0.25) is 5.91 Å². The van der Waals surface area contributed by atoms with Crippen LogP contribution in [0, 0.1) is 12.8 Å². The zero-order valence-corrected chi connectivity index (χ0v) is 12.4. The smallest absolute Gasteiger partial charge is 0.225 e. The van der Waals surface area contributed by atoms with Crippen LogP contribution in [0.4, 0.5) is 5.82 Å². The molecule has 0 saturated heterocycles. The predicted molar refractivity (Wildman–Crippen MR) is 81.8 cm³/mol. The molecule has 2 heterocycles. The molecule has 2 aromatic heterocycles. The second-order valence-electron chi connectivity index (χ2n) is 5.48. The number of nitrogens with one attached hydrogen (secondary N) is 2. The maximum atomic E-state index is 12.0. The van der Waals surface area contributed by atoms with E-state index in [1.807, 2.05) is 6.07 Å². The predicted octanol–water partition coefficient (Wildman–Crippen LogP) is 3.97. The zero-order chi connectivity index (χ0) is 13.9. The van der Waals surface area contributed by atoms with Gasteiger partial charge in [-0.05, 0) is 37.8 Å². The summed E-state index contributed by atoms with van der Waals surface area (Å²) < 4.78 is 0. The molecule has 2 N–H and O–H groups in total. The average molecular weight is 289 g/mol. The summed E-state index contributed by atoms with van der Waals surface area (Å²) >= 11 is 1.72. The summed E-state index contributed by atoms with van der Waals surface area (Å²) in [6.45, 7) is 2.08. The van der Waals surface area contributed by atoms with Crippen molar-refractivity contribution in [1.29, 1.82) is 0 Å². The largest absolute Gasteiger partial charge is 0.309 e. The summed E-state index contributed by atoms with van der Waals surface area (Å²) in [5.41, 5.74) is 0.958. The molecular formula is C15H19N3OS. The molecule has 4 nitrogen and oxygen atoms in total. The molecule has 0 unspecified atom stereocenters. The molecule has 0 radical (unpaired) electrons. The van der Waals surface area contributed by atoms with Crippen molar-refractivity contribution in [2.45, 2.75) is 39.0 Å². The van der Waals surface area contributed by atoms with Crippen LogP contribution in [-0.2, 0) is 4.79 Å². The van der Waals surface area contributed by atoms with E-state index in [2.05, 4.69) is 34.6 Å². The molecule has 3 rings (SSSR count). The van der Waals surface area contributed by atoms with Crippen LogP contribution in [0.25, 0.3) is 10.6 Å². The molecule has 5 heteroatoms. The number of aryl methyl sites for hydroxylation is 1. The highest BCUT2D eigenvalue weighted by Crippen LogP contribution is 2.29. The van der Waals surface area contributed by atoms with Gasteiger partial charge < -0.3 is 5.32 Å². The number of hydrogen-bond acceptors (Lipinski definition) is 3. The molecule has 1 aliphatic carbocycles. The van der Waals surface area contributed by atoms with Gasteiger partial charge in [-0.15, -0.1) is 11.3 Å². The molecule has 0 bridgehead atoms. The minimum absolute atomic E-state index is 0.0808. The Labute approximate surface area is 122 Å². The first-order valence-electron chi connectivity index (χ1n) is 7.13. The third-order valence-electron chi connectivity index (χ3n) is 3.80. The van der Waals surface area contributed by atoms with Crippen LogP contribution in [-0.4, -0.2) is 16.1 Å². The van der Waals surface area contributed by atoms with Crippen LogP contribution in [0.3, 0.4) is 0 Å². The lowest BCUT2D eigenvalue weighted by Gasteiger charge is -2.07. The maximum absolute atomic E-state index is 12.0. The quantitative estimate of drug-likeness (QED) is 0.895. The summed E-state index contributed by atoms with van der Waals surface area (Å²) in [6, 6.07) is 6.05. The Hall–Kier alpha value is -1.62. The first kappa shape index (κ1) is 13.4. The number of carbonyl (C=O) groups excluding carboxylic acids is 1. The number of carbonyl (C=O) groups is 1. The SMILES string of the molecule is Cc1ccc(-c2cc(NC(=O)CC3CCCC3)n[nH]2)s1. The van der Waals surface area contributed by atoms with Gasteiger partial charge in [0.1, 0.15) is 0 Å². The Morgan fingerprint density at radius 1 is 1.45 bits per heavy atom. The first-order chi connectivity index (χ1) is 9.70. The lowest BCUT2D eigenvalue weighted by Crippen LogP contribution is -2.15. The average Bonchev–Trinajstić information content (AvgIpc) is 3.10. The van der Waals surface area contributed by atoms with Crippen LogP contribution >= 0.6 is 11.3 Å². The highest BCUT2D eigenvalue weighted by atomic mass is 32.1.